The Morgan fingerprint density at radius 2 is 2.00 bits per heavy atom. The highest BCUT2D eigenvalue weighted by molar-refractivity contribution is 7.89. The fourth-order valence-corrected chi connectivity index (χ4v) is 5.88. The summed E-state index contributed by atoms with van der Waals surface area (Å²) in [4.78, 5) is 25.0. The summed E-state index contributed by atoms with van der Waals surface area (Å²) in [5.74, 6) is -1.69. The SMILES string of the molecule is CC(=O)N1CCOc2c(S(=O)(=O)NC(c3n[nH]c(=O)o3)C(C)c3cccc(C)c3C)ccc(Cl)c21. The number of amides is 1. The highest BCUT2D eigenvalue weighted by atomic mass is 35.5. The van der Waals surface area contributed by atoms with Crippen molar-refractivity contribution in [1.82, 2.24) is 14.9 Å². The fourth-order valence-electron chi connectivity index (χ4n) is 4.21. The standard InChI is InChI=1S/C23H25ClN4O6S/c1-12-6-5-7-16(13(12)2)14(3)19(22-25-26-23(30)34-22)27-35(31,32)18-9-8-17(24)20-21(18)33-11-10-28(20)15(4)29/h5-9,14,19,27H,10-11H2,1-4H3,(H,26,30). The van der Waals surface area contributed by atoms with Crippen molar-refractivity contribution in [1.29, 1.82) is 0 Å². The first-order valence-corrected chi connectivity index (χ1v) is 12.7. The summed E-state index contributed by atoms with van der Waals surface area (Å²) in [5.41, 5.74) is 3.06. The van der Waals surface area contributed by atoms with Crippen LogP contribution in [0.5, 0.6) is 5.75 Å². The van der Waals surface area contributed by atoms with Crippen molar-refractivity contribution in [3.63, 3.8) is 0 Å². The van der Waals surface area contributed by atoms with Gasteiger partial charge in [-0.1, -0.05) is 36.7 Å². The molecule has 0 spiro atoms. The average molecular weight is 521 g/mol. The van der Waals surface area contributed by atoms with Crippen LogP contribution in [0.15, 0.2) is 44.4 Å². The van der Waals surface area contributed by atoms with Crippen LogP contribution in [0, 0.1) is 13.8 Å². The van der Waals surface area contributed by atoms with E-state index in [9.17, 15) is 18.0 Å². The molecule has 1 aromatic heterocycles. The normalized spacial score (nSPS) is 15.3. The van der Waals surface area contributed by atoms with Crippen molar-refractivity contribution in [2.45, 2.75) is 44.6 Å². The lowest BCUT2D eigenvalue weighted by atomic mass is 9.88. The molecule has 1 aliphatic heterocycles. The smallest absolute Gasteiger partial charge is 0.434 e. The van der Waals surface area contributed by atoms with Crippen LogP contribution < -0.4 is 20.1 Å². The van der Waals surface area contributed by atoms with Crippen LogP contribution in [0.4, 0.5) is 5.69 Å². The maximum atomic E-state index is 13.7. The van der Waals surface area contributed by atoms with Crippen LogP contribution >= 0.6 is 11.6 Å². The van der Waals surface area contributed by atoms with Gasteiger partial charge in [-0.2, -0.15) is 4.72 Å². The number of halogens is 1. The number of nitrogens with one attached hydrogen (secondary N) is 2. The number of anilines is 1. The van der Waals surface area contributed by atoms with Gasteiger partial charge in [-0.3, -0.25) is 4.79 Å². The van der Waals surface area contributed by atoms with E-state index in [0.717, 1.165) is 16.7 Å². The van der Waals surface area contributed by atoms with Crippen LogP contribution in [0.1, 0.15) is 48.4 Å². The first kappa shape index (κ1) is 25.0. The molecule has 0 fully saturated rings. The van der Waals surface area contributed by atoms with Crippen LogP contribution in [0.25, 0.3) is 0 Å². The fraction of sp³-hybridized carbons (Fsp3) is 0.348. The number of aromatic amines is 1. The Morgan fingerprint density at radius 3 is 2.66 bits per heavy atom. The quantitative estimate of drug-likeness (QED) is 0.509. The lowest BCUT2D eigenvalue weighted by molar-refractivity contribution is -0.116. The largest absolute Gasteiger partial charge is 0.488 e. The molecule has 4 rings (SSSR count). The number of ether oxygens (including phenoxy) is 1. The van der Waals surface area contributed by atoms with E-state index in [1.54, 1.807) is 0 Å². The zero-order valence-electron chi connectivity index (χ0n) is 19.6. The highest BCUT2D eigenvalue weighted by Gasteiger charge is 2.36. The van der Waals surface area contributed by atoms with Gasteiger partial charge in [-0.15, -0.1) is 5.10 Å². The van der Waals surface area contributed by atoms with Gasteiger partial charge in [-0.25, -0.2) is 18.3 Å². The molecule has 1 aliphatic rings. The van der Waals surface area contributed by atoms with Crippen LogP contribution in [0.2, 0.25) is 5.02 Å². The molecule has 186 valence electrons. The number of H-pyrrole nitrogens is 1. The monoisotopic (exact) mass is 520 g/mol. The van der Waals surface area contributed by atoms with Gasteiger partial charge in [0, 0.05) is 12.8 Å². The van der Waals surface area contributed by atoms with E-state index in [2.05, 4.69) is 14.9 Å². The number of sulfonamides is 1. The molecule has 0 radical (unpaired) electrons. The van der Waals surface area contributed by atoms with Crippen molar-refractivity contribution in [2.24, 2.45) is 0 Å². The van der Waals surface area contributed by atoms with Gasteiger partial charge in [0.2, 0.25) is 21.8 Å². The molecule has 0 bridgehead atoms. The second-order valence-electron chi connectivity index (χ2n) is 8.37. The first-order chi connectivity index (χ1) is 16.5. The predicted molar refractivity (Wildman–Crippen MR) is 129 cm³/mol. The van der Waals surface area contributed by atoms with Crippen molar-refractivity contribution >= 4 is 33.2 Å². The van der Waals surface area contributed by atoms with Crippen LogP contribution in [-0.4, -0.2) is 37.7 Å². The molecule has 2 N–H and O–H groups in total. The van der Waals surface area contributed by atoms with Gasteiger partial charge < -0.3 is 14.1 Å². The predicted octanol–water partition coefficient (Wildman–Crippen LogP) is 3.20. The van der Waals surface area contributed by atoms with Crippen LogP contribution in [-0.2, 0) is 14.8 Å². The van der Waals surface area contributed by atoms with Gasteiger partial charge >= 0.3 is 5.76 Å². The number of carbonyl (C=O) groups excluding carboxylic acids is 1. The van der Waals surface area contributed by atoms with E-state index in [-0.39, 0.29) is 46.3 Å². The minimum atomic E-state index is -4.27. The van der Waals surface area contributed by atoms with E-state index >= 15 is 0 Å². The molecule has 2 atom stereocenters. The summed E-state index contributed by atoms with van der Waals surface area (Å²) >= 11 is 6.32. The Morgan fingerprint density at radius 1 is 1.26 bits per heavy atom. The number of nitrogens with zero attached hydrogens (tertiary/aromatic N) is 2. The minimum absolute atomic E-state index is 0.0203. The molecule has 35 heavy (non-hydrogen) atoms. The number of benzene rings is 2. The average Bonchev–Trinajstić information content (AvgIpc) is 3.24. The number of hydrogen-bond acceptors (Lipinski definition) is 7. The summed E-state index contributed by atoms with van der Waals surface area (Å²) in [7, 11) is -4.27. The molecule has 1 amide bonds. The Bertz CT molecular complexity index is 1450. The lowest BCUT2D eigenvalue weighted by Gasteiger charge is -2.31. The molecule has 2 heterocycles. The molecule has 0 saturated carbocycles. The van der Waals surface area contributed by atoms with Gasteiger partial charge in [0.15, 0.2) is 5.75 Å². The van der Waals surface area contributed by atoms with Crippen molar-refractivity contribution in [2.75, 3.05) is 18.1 Å². The molecule has 10 nitrogen and oxygen atoms in total. The van der Waals surface area contributed by atoms with Crippen molar-refractivity contribution in [3.05, 3.63) is 68.5 Å². The maximum Gasteiger partial charge on any atom is 0.434 e. The molecule has 12 heteroatoms. The first-order valence-electron chi connectivity index (χ1n) is 10.9. The number of carbonyl (C=O) groups is 1. The van der Waals surface area contributed by atoms with E-state index < -0.39 is 27.7 Å². The summed E-state index contributed by atoms with van der Waals surface area (Å²) in [5, 5.41) is 6.27. The van der Waals surface area contributed by atoms with Gasteiger partial charge in [0.05, 0.1) is 11.6 Å². The van der Waals surface area contributed by atoms with Crippen molar-refractivity contribution in [3.8, 4) is 5.75 Å². The van der Waals surface area contributed by atoms with E-state index in [4.69, 9.17) is 20.8 Å². The van der Waals surface area contributed by atoms with E-state index in [0.29, 0.717) is 0 Å². The van der Waals surface area contributed by atoms with E-state index in [1.165, 1.54) is 24.0 Å². The number of rotatable bonds is 6. The zero-order valence-corrected chi connectivity index (χ0v) is 21.2. The Balaban J connectivity index is 1.81. The summed E-state index contributed by atoms with van der Waals surface area (Å²) in [6.45, 7) is 7.42. The number of aromatic nitrogens is 2. The summed E-state index contributed by atoms with van der Waals surface area (Å²) < 4.78 is 40.8. The molecular formula is C23H25ClN4O6S. The zero-order chi connectivity index (χ0) is 25.5. The number of aryl methyl sites for hydroxylation is 1. The van der Waals surface area contributed by atoms with Gasteiger partial charge in [0.1, 0.15) is 23.2 Å². The van der Waals surface area contributed by atoms with Gasteiger partial charge in [-0.05, 0) is 42.7 Å². The Hall–Kier alpha value is -3.15. The lowest BCUT2D eigenvalue weighted by Crippen LogP contribution is -2.38. The molecule has 2 aromatic carbocycles. The molecular weight excluding hydrogens is 496 g/mol. The van der Waals surface area contributed by atoms with Crippen LogP contribution in [0.3, 0.4) is 0 Å². The number of fused-ring (bicyclic) bond motifs is 1. The second kappa shape index (κ2) is 9.48. The third-order valence-corrected chi connectivity index (χ3v) is 7.96. The van der Waals surface area contributed by atoms with Crippen molar-refractivity contribution < 1.29 is 22.4 Å². The number of hydrogen-bond donors (Lipinski definition) is 2. The summed E-state index contributed by atoms with van der Waals surface area (Å²) in [6, 6.07) is 7.40. The van der Waals surface area contributed by atoms with Gasteiger partial charge in [0.25, 0.3) is 0 Å². The highest BCUT2D eigenvalue weighted by Crippen LogP contribution is 2.43. The molecule has 2 unspecified atom stereocenters. The third-order valence-electron chi connectivity index (χ3n) is 6.19. The molecule has 3 aromatic rings. The Kier molecular flexibility index (Phi) is 6.76. The third kappa shape index (κ3) is 4.71. The second-order valence-corrected chi connectivity index (χ2v) is 10.5. The molecule has 0 aliphatic carbocycles. The maximum absolute atomic E-state index is 13.7. The minimum Gasteiger partial charge on any atom is -0.488 e. The molecule has 0 saturated heterocycles. The van der Waals surface area contributed by atoms with E-state index in [1.807, 2.05) is 39.0 Å². The summed E-state index contributed by atoms with van der Waals surface area (Å²) in [6.07, 6.45) is 0. The topological polar surface area (TPSA) is 135 Å². The Labute approximate surface area is 207 Å².